The Kier molecular flexibility index (Phi) is 4.00. The number of benzene rings is 2. The number of halogens is 2. The predicted octanol–water partition coefficient (Wildman–Crippen LogP) is 3.70. The molecular formula is C16H12Cl2N2O4S2. The maximum Gasteiger partial charge on any atom is 0.261 e. The lowest BCUT2D eigenvalue weighted by molar-refractivity contribution is 0.596. The molecule has 0 saturated carbocycles. The van der Waals surface area contributed by atoms with Gasteiger partial charge < -0.3 is 4.98 Å². The molecule has 0 spiro atoms. The Labute approximate surface area is 160 Å². The van der Waals surface area contributed by atoms with E-state index in [1.807, 2.05) is 0 Å². The second-order valence-corrected chi connectivity index (χ2v) is 10.6. The molecule has 1 aromatic heterocycles. The van der Waals surface area contributed by atoms with Crippen LogP contribution in [-0.4, -0.2) is 21.8 Å². The molecule has 26 heavy (non-hydrogen) atoms. The maximum atomic E-state index is 12.8. The molecule has 0 bridgehead atoms. The van der Waals surface area contributed by atoms with E-state index in [0.29, 0.717) is 37.8 Å². The quantitative estimate of drug-likeness (QED) is 0.661. The van der Waals surface area contributed by atoms with E-state index in [9.17, 15) is 16.8 Å². The summed E-state index contributed by atoms with van der Waals surface area (Å²) in [5.74, 6) is -0.210. The van der Waals surface area contributed by atoms with Crippen molar-refractivity contribution in [1.29, 1.82) is 0 Å². The van der Waals surface area contributed by atoms with Crippen molar-refractivity contribution in [3.05, 3.63) is 57.7 Å². The summed E-state index contributed by atoms with van der Waals surface area (Å²) >= 11 is 12.2. The predicted molar refractivity (Wildman–Crippen MR) is 102 cm³/mol. The average Bonchev–Trinajstić information content (AvgIpc) is 3.08. The molecule has 0 saturated heterocycles. The first-order chi connectivity index (χ1) is 12.2. The Morgan fingerprint density at radius 1 is 1.00 bits per heavy atom. The van der Waals surface area contributed by atoms with Crippen LogP contribution in [0.3, 0.4) is 0 Å². The number of hydrogen-bond donors (Lipinski definition) is 2. The molecule has 0 unspecified atom stereocenters. The Hall–Kier alpha value is -1.74. The number of anilines is 1. The molecule has 2 aromatic carbocycles. The first-order valence-electron chi connectivity index (χ1n) is 7.46. The summed E-state index contributed by atoms with van der Waals surface area (Å²) in [4.78, 5) is 2.90. The van der Waals surface area contributed by atoms with Gasteiger partial charge in [0, 0.05) is 11.6 Å². The number of aromatic amines is 1. The van der Waals surface area contributed by atoms with Crippen molar-refractivity contribution in [1.82, 2.24) is 4.98 Å². The summed E-state index contributed by atoms with van der Waals surface area (Å²) in [6.45, 7) is 0. The highest BCUT2D eigenvalue weighted by molar-refractivity contribution is 7.92. The van der Waals surface area contributed by atoms with Gasteiger partial charge in [-0.3, -0.25) is 4.72 Å². The van der Waals surface area contributed by atoms with E-state index in [4.69, 9.17) is 23.2 Å². The first-order valence-corrected chi connectivity index (χ1v) is 11.5. The van der Waals surface area contributed by atoms with E-state index < -0.39 is 19.9 Å². The highest BCUT2D eigenvalue weighted by Gasteiger charge is 2.27. The van der Waals surface area contributed by atoms with Gasteiger partial charge in [0.15, 0.2) is 9.84 Å². The van der Waals surface area contributed by atoms with Crippen LogP contribution in [0.2, 0.25) is 10.0 Å². The fourth-order valence-corrected chi connectivity index (χ4v) is 6.31. The molecule has 4 rings (SSSR count). The smallest absolute Gasteiger partial charge is 0.261 e. The molecule has 0 aliphatic carbocycles. The minimum absolute atomic E-state index is 0.00546. The monoisotopic (exact) mass is 430 g/mol. The van der Waals surface area contributed by atoms with E-state index >= 15 is 0 Å². The molecule has 2 N–H and O–H groups in total. The summed E-state index contributed by atoms with van der Waals surface area (Å²) in [5, 5.41) is 1.30. The summed E-state index contributed by atoms with van der Waals surface area (Å²) < 4.78 is 51.5. The fraction of sp³-hybridized carbons (Fsp3) is 0.125. The lowest BCUT2D eigenvalue weighted by Crippen LogP contribution is -2.13. The summed E-state index contributed by atoms with van der Waals surface area (Å²) in [6, 6.07) is 7.43. The van der Waals surface area contributed by atoms with Crippen LogP contribution in [0.1, 0.15) is 11.1 Å². The highest BCUT2D eigenvalue weighted by atomic mass is 35.5. The molecule has 0 atom stereocenters. The van der Waals surface area contributed by atoms with Gasteiger partial charge in [0.25, 0.3) is 10.0 Å². The van der Waals surface area contributed by atoms with Gasteiger partial charge in [0.2, 0.25) is 0 Å². The number of sulfone groups is 1. The molecule has 1 aliphatic rings. The Bertz CT molecular complexity index is 1260. The molecule has 3 aromatic rings. The average molecular weight is 431 g/mol. The van der Waals surface area contributed by atoms with Crippen molar-refractivity contribution < 1.29 is 16.8 Å². The second kappa shape index (κ2) is 5.88. The van der Waals surface area contributed by atoms with Crippen molar-refractivity contribution in [3.8, 4) is 0 Å². The van der Waals surface area contributed by atoms with Crippen molar-refractivity contribution in [3.63, 3.8) is 0 Å². The van der Waals surface area contributed by atoms with E-state index in [-0.39, 0.29) is 16.4 Å². The lowest BCUT2D eigenvalue weighted by atomic mass is 10.1. The van der Waals surface area contributed by atoms with Gasteiger partial charge in [0.05, 0.1) is 37.7 Å². The van der Waals surface area contributed by atoms with Crippen LogP contribution in [0.4, 0.5) is 5.69 Å². The molecule has 0 amide bonds. The molecule has 10 heteroatoms. The molecule has 0 fully saturated rings. The lowest BCUT2D eigenvalue weighted by Gasteiger charge is -2.11. The summed E-state index contributed by atoms with van der Waals surface area (Å²) in [5.41, 5.74) is 1.91. The molecular weight excluding hydrogens is 419 g/mol. The largest absolute Gasteiger partial charge is 0.358 e. The van der Waals surface area contributed by atoms with E-state index in [1.165, 1.54) is 30.5 Å². The summed E-state index contributed by atoms with van der Waals surface area (Å²) in [6.07, 6.45) is 1.52. The molecule has 2 heterocycles. The van der Waals surface area contributed by atoms with Gasteiger partial charge in [0.1, 0.15) is 0 Å². The number of hydrogen-bond acceptors (Lipinski definition) is 4. The third-order valence-electron chi connectivity index (χ3n) is 4.22. The van der Waals surface area contributed by atoms with Gasteiger partial charge in [-0.2, -0.15) is 0 Å². The van der Waals surface area contributed by atoms with Crippen LogP contribution in [-0.2, 0) is 31.4 Å². The zero-order valence-electron chi connectivity index (χ0n) is 13.1. The zero-order chi connectivity index (χ0) is 18.7. The molecule has 6 nitrogen and oxygen atoms in total. The number of aromatic nitrogens is 1. The highest BCUT2D eigenvalue weighted by Crippen LogP contribution is 2.35. The van der Waals surface area contributed by atoms with Crippen LogP contribution in [0, 0.1) is 0 Å². The van der Waals surface area contributed by atoms with Crippen LogP contribution in [0.15, 0.2) is 41.4 Å². The molecule has 0 radical (unpaired) electrons. The zero-order valence-corrected chi connectivity index (χ0v) is 16.2. The number of nitrogens with one attached hydrogen (secondary N) is 2. The topological polar surface area (TPSA) is 96.1 Å². The number of H-pyrrole nitrogens is 1. The number of sulfonamides is 1. The van der Waals surface area contributed by atoms with Crippen LogP contribution < -0.4 is 4.72 Å². The fourth-order valence-electron chi connectivity index (χ4n) is 3.03. The van der Waals surface area contributed by atoms with E-state index in [2.05, 4.69) is 9.71 Å². The van der Waals surface area contributed by atoms with Crippen LogP contribution >= 0.6 is 23.2 Å². The SMILES string of the molecule is O=S1(=O)Cc2ccc(S(=O)(=O)Nc3ccc(Cl)c4c(Cl)c[nH]c34)cc2C1. The van der Waals surface area contributed by atoms with Crippen LogP contribution in [0.25, 0.3) is 10.9 Å². The van der Waals surface area contributed by atoms with Crippen molar-refractivity contribution >= 4 is 59.7 Å². The van der Waals surface area contributed by atoms with Crippen molar-refractivity contribution in [2.24, 2.45) is 0 Å². The third-order valence-corrected chi connectivity index (χ3v) is 7.70. The minimum atomic E-state index is -3.92. The molecule has 136 valence electrons. The third kappa shape index (κ3) is 2.96. The Morgan fingerprint density at radius 2 is 1.73 bits per heavy atom. The van der Waals surface area contributed by atoms with Gasteiger partial charge >= 0.3 is 0 Å². The van der Waals surface area contributed by atoms with Crippen molar-refractivity contribution in [2.75, 3.05) is 4.72 Å². The van der Waals surface area contributed by atoms with Gasteiger partial charge in [-0.1, -0.05) is 29.3 Å². The van der Waals surface area contributed by atoms with E-state index in [1.54, 1.807) is 6.07 Å². The van der Waals surface area contributed by atoms with E-state index in [0.717, 1.165) is 0 Å². The minimum Gasteiger partial charge on any atom is -0.358 e. The molecule has 1 aliphatic heterocycles. The number of fused-ring (bicyclic) bond motifs is 2. The number of rotatable bonds is 3. The maximum absolute atomic E-state index is 12.8. The van der Waals surface area contributed by atoms with Gasteiger partial charge in [-0.15, -0.1) is 0 Å². The van der Waals surface area contributed by atoms with Crippen molar-refractivity contribution in [2.45, 2.75) is 16.4 Å². The van der Waals surface area contributed by atoms with Gasteiger partial charge in [-0.25, -0.2) is 16.8 Å². The normalized spacial score (nSPS) is 15.9. The van der Waals surface area contributed by atoms with Crippen LogP contribution in [0.5, 0.6) is 0 Å². The first kappa shape index (κ1) is 17.7. The Morgan fingerprint density at radius 3 is 2.50 bits per heavy atom. The standard InChI is InChI=1S/C16H12Cl2N2O4S2/c17-12-3-4-14(16-15(12)13(18)6-19-16)20-26(23,24)11-2-1-9-7-25(21,22)8-10(9)5-11/h1-6,19-20H,7-8H2. The van der Waals surface area contributed by atoms with Gasteiger partial charge in [-0.05, 0) is 35.4 Å². The summed E-state index contributed by atoms with van der Waals surface area (Å²) in [7, 11) is -7.13. The second-order valence-electron chi connectivity index (χ2n) is 6.05. The Balaban J connectivity index is 1.75.